The number of carboxylic acid groups (broad SMARTS) is 1. The quantitative estimate of drug-likeness (QED) is 0.538. The number of hydrogen-bond donors (Lipinski definition) is 2. The maximum atomic E-state index is 10.6. The summed E-state index contributed by atoms with van der Waals surface area (Å²) in [6.45, 7) is 0. The summed E-state index contributed by atoms with van der Waals surface area (Å²) in [6, 6.07) is 11.2. The van der Waals surface area contributed by atoms with Crippen LogP contribution < -0.4 is 5.84 Å². The molecule has 0 aromatic carbocycles. The maximum absolute atomic E-state index is 10.6. The molecule has 0 aliphatic heterocycles. The average Bonchev–Trinajstić information content (AvgIpc) is 3.05. The van der Waals surface area contributed by atoms with Gasteiger partial charge in [-0.1, -0.05) is 6.07 Å². The van der Waals surface area contributed by atoms with Gasteiger partial charge in [0.15, 0.2) is 11.5 Å². The number of nitrogens with zero attached hydrogens (tertiary/aromatic N) is 5. The average molecular weight is 334 g/mol. The number of pyridine rings is 2. The van der Waals surface area contributed by atoms with Crippen LogP contribution in [0.2, 0.25) is 0 Å². The smallest absolute Gasteiger partial charge is 0.338 e. The van der Waals surface area contributed by atoms with Crippen molar-refractivity contribution in [3.05, 3.63) is 72.9 Å². The first-order valence-corrected chi connectivity index (χ1v) is 7.29. The molecule has 0 aliphatic carbocycles. The molecule has 0 amide bonds. The Hall–Kier alpha value is -3.81. The third-order valence-electron chi connectivity index (χ3n) is 3.27. The number of carboxylic acids is 1. The number of hydrogen-bond acceptors (Lipinski definition) is 6. The molecule has 8 nitrogen and oxygen atoms in total. The maximum Gasteiger partial charge on any atom is 0.338 e. The molecule has 0 saturated heterocycles. The zero-order valence-corrected chi connectivity index (χ0v) is 13.0. The minimum absolute atomic E-state index is 0.0645. The predicted octanol–water partition coefficient (Wildman–Crippen LogP) is 1.99. The highest BCUT2D eigenvalue weighted by atomic mass is 16.4. The standard InChI is InChI=1S/C10H7N3O2.C7H7N3/c14-10(15)7-5-12-9(13-6-7)8-3-1-2-4-11-8;8-10-5-3-6-2-1-4-9-7(6)10/h1-6H,(H,14,15);1-5H,8H2. The van der Waals surface area contributed by atoms with Crippen molar-refractivity contribution >= 4 is 17.0 Å². The molecule has 4 heterocycles. The molecule has 0 radical (unpaired) electrons. The fourth-order valence-electron chi connectivity index (χ4n) is 2.05. The van der Waals surface area contributed by atoms with Gasteiger partial charge in [0.05, 0.1) is 5.56 Å². The van der Waals surface area contributed by atoms with Gasteiger partial charge in [0, 0.05) is 36.4 Å². The van der Waals surface area contributed by atoms with Crippen LogP contribution in [0.1, 0.15) is 10.4 Å². The molecule has 0 bridgehead atoms. The Morgan fingerprint density at radius 1 is 0.960 bits per heavy atom. The van der Waals surface area contributed by atoms with Crippen LogP contribution >= 0.6 is 0 Å². The number of nitrogen functional groups attached to an aromatic ring is 1. The third kappa shape index (κ3) is 3.75. The zero-order valence-electron chi connectivity index (χ0n) is 13.0. The number of carbonyl (C=O) groups is 1. The van der Waals surface area contributed by atoms with E-state index in [0.29, 0.717) is 11.5 Å². The third-order valence-corrected chi connectivity index (χ3v) is 3.27. The Bertz CT molecular complexity index is 983. The molecule has 0 atom stereocenters. The van der Waals surface area contributed by atoms with E-state index in [9.17, 15) is 4.79 Å². The van der Waals surface area contributed by atoms with E-state index in [0.717, 1.165) is 11.0 Å². The van der Waals surface area contributed by atoms with Crippen molar-refractivity contribution in [2.45, 2.75) is 0 Å². The first-order valence-electron chi connectivity index (χ1n) is 7.29. The van der Waals surface area contributed by atoms with E-state index in [1.54, 1.807) is 30.7 Å². The molecule has 25 heavy (non-hydrogen) atoms. The molecule has 0 aliphatic rings. The van der Waals surface area contributed by atoms with E-state index in [2.05, 4.69) is 19.9 Å². The van der Waals surface area contributed by atoms with Gasteiger partial charge in [-0.15, -0.1) is 0 Å². The Kier molecular flexibility index (Phi) is 4.61. The molecule has 4 aromatic rings. The highest BCUT2D eigenvalue weighted by Crippen LogP contribution is 2.10. The van der Waals surface area contributed by atoms with Crippen molar-refractivity contribution in [1.82, 2.24) is 24.6 Å². The van der Waals surface area contributed by atoms with Gasteiger partial charge in [0.1, 0.15) is 5.69 Å². The molecular weight excluding hydrogens is 320 g/mol. The SMILES string of the molecule is Nn1ccc2cccnc21.O=C(O)c1cnc(-c2ccccn2)nc1. The Morgan fingerprint density at radius 2 is 1.72 bits per heavy atom. The molecule has 0 fully saturated rings. The largest absolute Gasteiger partial charge is 0.478 e. The summed E-state index contributed by atoms with van der Waals surface area (Å²) < 4.78 is 1.51. The Labute approximate surface area is 142 Å². The number of rotatable bonds is 2. The number of fused-ring (bicyclic) bond motifs is 1. The Morgan fingerprint density at radius 3 is 2.36 bits per heavy atom. The van der Waals surface area contributed by atoms with E-state index in [-0.39, 0.29) is 5.56 Å². The topological polar surface area (TPSA) is 120 Å². The van der Waals surface area contributed by atoms with Gasteiger partial charge < -0.3 is 10.9 Å². The van der Waals surface area contributed by atoms with Crippen LogP contribution in [0, 0.1) is 0 Å². The second kappa shape index (κ2) is 7.18. The van der Waals surface area contributed by atoms with Crippen LogP contribution in [0.3, 0.4) is 0 Å². The lowest BCUT2D eigenvalue weighted by molar-refractivity contribution is 0.0696. The van der Waals surface area contributed by atoms with E-state index in [4.69, 9.17) is 10.9 Å². The summed E-state index contributed by atoms with van der Waals surface area (Å²) in [5.74, 6) is 4.91. The molecule has 0 spiro atoms. The highest BCUT2D eigenvalue weighted by Gasteiger charge is 2.05. The summed E-state index contributed by atoms with van der Waals surface area (Å²) in [7, 11) is 0. The zero-order chi connectivity index (χ0) is 17.6. The van der Waals surface area contributed by atoms with Crippen molar-refractivity contribution in [2.24, 2.45) is 0 Å². The van der Waals surface area contributed by atoms with Crippen LogP contribution in [-0.2, 0) is 0 Å². The second-order valence-corrected chi connectivity index (χ2v) is 4.95. The Balaban J connectivity index is 0.000000157. The van der Waals surface area contributed by atoms with Gasteiger partial charge in [-0.25, -0.2) is 19.7 Å². The monoisotopic (exact) mass is 334 g/mol. The van der Waals surface area contributed by atoms with Crippen LogP contribution in [0.5, 0.6) is 0 Å². The number of aromatic nitrogens is 5. The lowest BCUT2D eigenvalue weighted by Gasteiger charge is -1.98. The first-order chi connectivity index (χ1) is 12.1. The molecule has 124 valence electrons. The van der Waals surface area contributed by atoms with Gasteiger partial charge in [-0.05, 0) is 30.3 Å². The number of nitrogens with two attached hydrogens (primary N) is 1. The molecule has 8 heteroatoms. The predicted molar refractivity (Wildman–Crippen MR) is 92.1 cm³/mol. The van der Waals surface area contributed by atoms with Crippen LogP contribution in [0.25, 0.3) is 22.6 Å². The minimum atomic E-state index is -1.04. The van der Waals surface area contributed by atoms with Crippen molar-refractivity contribution in [2.75, 3.05) is 5.84 Å². The normalized spacial score (nSPS) is 10.1. The second-order valence-electron chi connectivity index (χ2n) is 4.95. The fourth-order valence-corrected chi connectivity index (χ4v) is 2.05. The highest BCUT2D eigenvalue weighted by molar-refractivity contribution is 5.86. The molecule has 3 N–H and O–H groups in total. The summed E-state index contributed by atoms with van der Waals surface area (Å²) in [6.07, 6.45) is 7.67. The summed E-state index contributed by atoms with van der Waals surface area (Å²) in [4.78, 5) is 26.5. The summed E-state index contributed by atoms with van der Waals surface area (Å²) in [5.41, 5.74) is 1.51. The van der Waals surface area contributed by atoms with E-state index in [1.807, 2.05) is 24.3 Å². The summed E-state index contributed by atoms with van der Waals surface area (Å²) >= 11 is 0. The van der Waals surface area contributed by atoms with Gasteiger partial charge in [0.2, 0.25) is 0 Å². The van der Waals surface area contributed by atoms with Crippen LogP contribution in [0.15, 0.2) is 67.4 Å². The van der Waals surface area contributed by atoms with E-state index < -0.39 is 5.97 Å². The van der Waals surface area contributed by atoms with Gasteiger partial charge in [-0.2, -0.15) is 0 Å². The molecule has 0 saturated carbocycles. The number of aromatic carboxylic acids is 1. The summed E-state index contributed by atoms with van der Waals surface area (Å²) in [5, 5.41) is 9.72. The van der Waals surface area contributed by atoms with Crippen molar-refractivity contribution in [1.29, 1.82) is 0 Å². The van der Waals surface area contributed by atoms with Crippen molar-refractivity contribution in [3.8, 4) is 11.5 Å². The fraction of sp³-hybridized carbons (Fsp3) is 0. The van der Waals surface area contributed by atoms with Gasteiger partial charge >= 0.3 is 5.97 Å². The van der Waals surface area contributed by atoms with Crippen LogP contribution in [0.4, 0.5) is 0 Å². The van der Waals surface area contributed by atoms with Crippen molar-refractivity contribution < 1.29 is 9.90 Å². The van der Waals surface area contributed by atoms with Crippen molar-refractivity contribution in [3.63, 3.8) is 0 Å². The van der Waals surface area contributed by atoms with E-state index in [1.165, 1.54) is 17.1 Å². The first kappa shape index (κ1) is 16.1. The molecular formula is C17H14N6O2. The lowest BCUT2D eigenvalue weighted by Crippen LogP contribution is -2.05. The van der Waals surface area contributed by atoms with Gasteiger partial charge in [0.25, 0.3) is 0 Å². The molecule has 4 rings (SSSR count). The minimum Gasteiger partial charge on any atom is -0.478 e. The molecule has 4 aromatic heterocycles. The van der Waals surface area contributed by atoms with Gasteiger partial charge in [-0.3, -0.25) is 9.66 Å². The van der Waals surface area contributed by atoms with Crippen LogP contribution in [-0.4, -0.2) is 35.7 Å². The lowest BCUT2D eigenvalue weighted by atomic mass is 10.3. The van der Waals surface area contributed by atoms with E-state index >= 15 is 0 Å². The molecule has 0 unspecified atom stereocenters.